The second-order valence-corrected chi connectivity index (χ2v) is 12.4. The largest absolute Gasteiger partial charge is 0.573 e. The smallest absolute Gasteiger partial charge is 0.406 e. The number of benzene rings is 2. The Kier molecular flexibility index (Phi) is 9.17. The van der Waals surface area contributed by atoms with Crippen LogP contribution in [0, 0.1) is 5.92 Å². The zero-order chi connectivity index (χ0) is 29.9. The Labute approximate surface area is 231 Å². The molecule has 0 aromatic heterocycles. The van der Waals surface area contributed by atoms with E-state index in [1.807, 2.05) is 6.92 Å². The van der Waals surface area contributed by atoms with Gasteiger partial charge in [0, 0.05) is 36.0 Å². The number of piperidine rings is 1. The number of ether oxygens (including phenoxy) is 1. The van der Waals surface area contributed by atoms with Crippen molar-refractivity contribution in [2.75, 3.05) is 19.3 Å². The third-order valence-electron chi connectivity index (χ3n) is 6.69. The molecule has 2 aromatic rings. The van der Waals surface area contributed by atoms with Gasteiger partial charge in [-0.25, -0.2) is 8.42 Å². The Morgan fingerprint density at radius 1 is 0.975 bits per heavy atom. The maximum absolute atomic E-state index is 13.3. The molecule has 13 heteroatoms. The van der Waals surface area contributed by atoms with Crippen LogP contribution in [-0.4, -0.2) is 68.3 Å². The molecule has 2 N–H and O–H groups in total. The third-order valence-corrected chi connectivity index (χ3v) is 7.82. The summed E-state index contributed by atoms with van der Waals surface area (Å²) < 4.78 is 64.8. The molecule has 40 heavy (non-hydrogen) atoms. The first-order valence-electron chi connectivity index (χ1n) is 12.6. The van der Waals surface area contributed by atoms with E-state index in [0.29, 0.717) is 31.5 Å². The third kappa shape index (κ3) is 8.20. The first-order chi connectivity index (χ1) is 18.5. The summed E-state index contributed by atoms with van der Waals surface area (Å²) >= 11 is 0. The molecule has 3 amide bonds. The average molecular weight is 584 g/mol. The van der Waals surface area contributed by atoms with Crippen molar-refractivity contribution in [3.8, 4) is 5.75 Å². The molecule has 1 aliphatic rings. The van der Waals surface area contributed by atoms with Crippen molar-refractivity contribution in [1.82, 2.24) is 15.5 Å². The number of alkyl halides is 3. The summed E-state index contributed by atoms with van der Waals surface area (Å²) in [5.41, 5.74) is -0.406. The first kappa shape index (κ1) is 30.9. The molecule has 0 aliphatic carbocycles. The molecule has 0 saturated carbocycles. The first-order valence-corrected chi connectivity index (χ1v) is 14.4. The lowest BCUT2D eigenvalue weighted by Gasteiger charge is -2.41. The van der Waals surface area contributed by atoms with Crippen LogP contribution in [0.2, 0.25) is 0 Å². The van der Waals surface area contributed by atoms with Gasteiger partial charge >= 0.3 is 6.36 Å². The summed E-state index contributed by atoms with van der Waals surface area (Å²) in [6, 6.07) is 9.29. The summed E-state index contributed by atoms with van der Waals surface area (Å²) in [6.45, 7) is 5.95. The van der Waals surface area contributed by atoms with Gasteiger partial charge in [-0.1, -0.05) is 19.9 Å². The molecule has 0 unspecified atom stereocenters. The van der Waals surface area contributed by atoms with Crippen LogP contribution >= 0.6 is 0 Å². The Hall–Kier alpha value is -3.61. The van der Waals surface area contributed by atoms with E-state index in [1.54, 1.807) is 18.7 Å². The van der Waals surface area contributed by atoms with Gasteiger partial charge in [0.05, 0.1) is 4.90 Å². The number of hydrogen-bond donors (Lipinski definition) is 2. The minimum Gasteiger partial charge on any atom is -0.406 e. The van der Waals surface area contributed by atoms with Crippen molar-refractivity contribution in [2.24, 2.45) is 5.92 Å². The molecule has 2 aromatic carbocycles. The van der Waals surface area contributed by atoms with Gasteiger partial charge in [-0.05, 0) is 68.1 Å². The fraction of sp³-hybridized carbons (Fsp3) is 0.444. The lowest BCUT2D eigenvalue weighted by Crippen LogP contribution is -2.58. The molecule has 218 valence electrons. The fourth-order valence-electron chi connectivity index (χ4n) is 4.31. The van der Waals surface area contributed by atoms with Gasteiger partial charge in [0.25, 0.3) is 11.8 Å². The highest BCUT2D eigenvalue weighted by Crippen LogP contribution is 2.25. The summed E-state index contributed by atoms with van der Waals surface area (Å²) in [6.07, 6.45) is -2.96. The molecule has 1 aliphatic heterocycles. The zero-order valence-corrected chi connectivity index (χ0v) is 23.4. The predicted molar refractivity (Wildman–Crippen MR) is 140 cm³/mol. The number of rotatable bonds is 8. The van der Waals surface area contributed by atoms with Crippen LogP contribution < -0.4 is 15.4 Å². The van der Waals surface area contributed by atoms with E-state index in [2.05, 4.69) is 15.4 Å². The molecule has 1 atom stereocenters. The van der Waals surface area contributed by atoms with Crippen LogP contribution in [0.15, 0.2) is 53.4 Å². The molecule has 1 fully saturated rings. The van der Waals surface area contributed by atoms with Gasteiger partial charge in [0.1, 0.15) is 11.8 Å². The molecule has 0 spiro atoms. The maximum Gasteiger partial charge on any atom is 0.573 e. The van der Waals surface area contributed by atoms with Gasteiger partial charge < -0.3 is 20.3 Å². The highest BCUT2D eigenvalue weighted by atomic mass is 32.2. The topological polar surface area (TPSA) is 122 Å². The highest BCUT2D eigenvalue weighted by Gasteiger charge is 2.37. The van der Waals surface area contributed by atoms with E-state index < -0.39 is 39.4 Å². The predicted octanol–water partition coefficient (Wildman–Crippen LogP) is 3.55. The number of amides is 3. The second kappa shape index (κ2) is 11.9. The number of nitrogens with one attached hydrogen (secondary N) is 2. The standard InChI is InChI=1S/C27H32F3N3O6S/c1-17(2)22(31-23(34)19-6-5-7-20(16-19)39-27(28,29)30)25(36)33-14-12-26(3,13-15-33)32-24(35)18-8-10-21(11-9-18)40(4,37)38/h5-11,16-17,22H,12-15H2,1-4H3,(H,31,34)(H,32,35)/t22-/m1/s1. The number of sulfone groups is 1. The number of nitrogens with zero attached hydrogens (tertiary/aromatic N) is 1. The Morgan fingerprint density at radius 3 is 2.10 bits per heavy atom. The lowest BCUT2D eigenvalue weighted by atomic mass is 9.88. The minimum atomic E-state index is -4.91. The van der Waals surface area contributed by atoms with Crippen LogP contribution in [0.3, 0.4) is 0 Å². The average Bonchev–Trinajstić information content (AvgIpc) is 2.85. The van der Waals surface area contributed by atoms with Crippen LogP contribution in [0.1, 0.15) is 54.3 Å². The number of likely N-dealkylation sites (tertiary alicyclic amines) is 1. The molecular formula is C27H32F3N3O6S. The van der Waals surface area contributed by atoms with Gasteiger partial charge in [-0.2, -0.15) is 0 Å². The summed E-state index contributed by atoms with van der Waals surface area (Å²) in [7, 11) is -3.39. The number of carbonyl (C=O) groups excluding carboxylic acids is 3. The molecular weight excluding hydrogens is 551 g/mol. The van der Waals surface area contributed by atoms with E-state index >= 15 is 0 Å². The van der Waals surface area contributed by atoms with E-state index in [-0.39, 0.29) is 28.2 Å². The molecule has 0 bridgehead atoms. The minimum absolute atomic E-state index is 0.0845. The number of halogens is 3. The lowest BCUT2D eigenvalue weighted by molar-refractivity contribution is -0.274. The van der Waals surface area contributed by atoms with Crippen LogP contribution in [-0.2, 0) is 14.6 Å². The van der Waals surface area contributed by atoms with Crippen molar-refractivity contribution in [2.45, 2.75) is 56.5 Å². The monoisotopic (exact) mass is 583 g/mol. The Bertz CT molecular complexity index is 1350. The number of hydrogen-bond acceptors (Lipinski definition) is 6. The van der Waals surface area contributed by atoms with E-state index in [4.69, 9.17) is 0 Å². The van der Waals surface area contributed by atoms with Gasteiger partial charge in [0.2, 0.25) is 5.91 Å². The van der Waals surface area contributed by atoms with Crippen LogP contribution in [0.5, 0.6) is 5.75 Å². The van der Waals surface area contributed by atoms with Gasteiger partial charge in [0.15, 0.2) is 9.84 Å². The SMILES string of the molecule is CC(C)[C@@H](NC(=O)c1cccc(OC(F)(F)F)c1)C(=O)N1CCC(C)(NC(=O)c2ccc(S(C)(=O)=O)cc2)CC1. The van der Waals surface area contributed by atoms with Crippen molar-refractivity contribution in [3.63, 3.8) is 0 Å². The van der Waals surface area contributed by atoms with Crippen molar-refractivity contribution in [3.05, 3.63) is 59.7 Å². The Morgan fingerprint density at radius 2 is 1.57 bits per heavy atom. The normalized spacial score (nSPS) is 16.2. The quantitative estimate of drug-likeness (QED) is 0.490. The molecule has 1 saturated heterocycles. The van der Waals surface area contributed by atoms with Crippen LogP contribution in [0.25, 0.3) is 0 Å². The highest BCUT2D eigenvalue weighted by molar-refractivity contribution is 7.90. The van der Waals surface area contributed by atoms with Gasteiger partial charge in [-0.3, -0.25) is 14.4 Å². The van der Waals surface area contributed by atoms with E-state index in [9.17, 15) is 36.0 Å². The second-order valence-electron chi connectivity index (χ2n) is 10.4. The van der Waals surface area contributed by atoms with Gasteiger partial charge in [-0.15, -0.1) is 13.2 Å². The molecule has 9 nitrogen and oxygen atoms in total. The number of carbonyl (C=O) groups is 3. The van der Waals surface area contributed by atoms with Crippen molar-refractivity contribution in [1.29, 1.82) is 0 Å². The zero-order valence-electron chi connectivity index (χ0n) is 22.5. The maximum atomic E-state index is 13.3. The fourth-order valence-corrected chi connectivity index (χ4v) is 4.95. The van der Waals surface area contributed by atoms with Crippen molar-refractivity contribution < 1.29 is 40.7 Å². The summed E-state index contributed by atoms with van der Waals surface area (Å²) in [4.78, 5) is 40.6. The van der Waals surface area contributed by atoms with Crippen molar-refractivity contribution >= 4 is 27.6 Å². The summed E-state index contributed by atoms with van der Waals surface area (Å²) in [5.74, 6) is -2.27. The summed E-state index contributed by atoms with van der Waals surface area (Å²) in [5, 5.41) is 5.60. The van der Waals surface area contributed by atoms with E-state index in [0.717, 1.165) is 18.4 Å². The molecule has 3 rings (SSSR count). The van der Waals surface area contributed by atoms with E-state index in [1.165, 1.54) is 36.4 Å². The Balaban J connectivity index is 1.61. The molecule has 0 radical (unpaired) electrons. The molecule has 1 heterocycles. The van der Waals surface area contributed by atoms with Crippen LogP contribution in [0.4, 0.5) is 13.2 Å².